The number of rotatable bonds is 5. The smallest absolute Gasteiger partial charge is 0.416 e. The third-order valence-corrected chi connectivity index (χ3v) is 4.82. The van der Waals surface area contributed by atoms with Gasteiger partial charge in [-0.05, 0) is 50.6 Å². The number of pyridine rings is 1. The molecule has 9 heteroatoms. The predicted molar refractivity (Wildman–Crippen MR) is 130 cm³/mol. The minimum absolute atomic E-state index is 0.182. The normalized spacial score (nSPS) is 12.7. The summed E-state index contributed by atoms with van der Waals surface area (Å²) in [5, 5.41) is 2.68. The second-order valence-electron chi connectivity index (χ2n) is 8.76. The molecule has 0 fully saturated rings. The molecule has 0 radical (unpaired) electrons. The number of amides is 2. The van der Waals surface area contributed by atoms with Gasteiger partial charge in [-0.25, -0.2) is 14.6 Å². The highest BCUT2D eigenvalue weighted by Crippen LogP contribution is 2.40. The SMILES string of the molecule is CC(C)(C)OC(=O)N1CCOc2c(Oc3ccc(NC(=O)OCc4ccccc4)cc3)ccnc21. The number of carbonyl (C=O) groups excluding carboxylic acids is 2. The van der Waals surface area contributed by atoms with Crippen LogP contribution in [0.25, 0.3) is 0 Å². The summed E-state index contributed by atoms with van der Waals surface area (Å²) in [7, 11) is 0. The van der Waals surface area contributed by atoms with Crippen molar-refractivity contribution in [3.8, 4) is 17.2 Å². The Labute approximate surface area is 203 Å². The summed E-state index contributed by atoms with van der Waals surface area (Å²) in [5.41, 5.74) is 0.826. The minimum atomic E-state index is -0.632. The Morgan fingerprint density at radius 3 is 2.51 bits per heavy atom. The maximum atomic E-state index is 12.6. The van der Waals surface area contributed by atoms with Crippen molar-refractivity contribution in [2.24, 2.45) is 0 Å². The number of aromatic nitrogens is 1. The van der Waals surface area contributed by atoms with Crippen LogP contribution in [-0.4, -0.2) is 35.9 Å². The van der Waals surface area contributed by atoms with Crippen LogP contribution >= 0.6 is 0 Å². The van der Waals surface area contributed by atoms with Crippen LogP contribution in [0.3, 0.4) is 0 Å². The van der Waals surface area contributed by atoms with E-state index >= 15 is 0 Å². The molecule has 3 aromatic rings. The van der Waals surface area contributed by atoms with E-state index in [4.69, 9.17) is 18.9 Å². The van der Waals surface area contributed by atoms with Gasteiger partial charge >= 0.3 is 12.2 Å². The predicted octanol–water partition coefficient (Wildman–Crippen LogP) is 5.76. The summed E-state index contributed by atoms with van der Waals surface area (Å²) in [5.74, 6) is 1.62. The first kappa shape index (κ1) is 23.9. The van der Waals surface area contributed by atoms with Crippen LogP contribution in [0.2, 0.25) is 0 Å². The molecule has 2 amide bonds. The van der Waals surface area contributed by atoms with E-state index in [1.807, 2.05) is 30.3 Å². The van der Waals surface area contributed by atoms with Crippen LogP contribution in [0.5, 0.6) is 17.2 Å². The van der Waals surface area contributed by atoms with Gasteiger partial charge < -0.3 is 18.9 Å². The number of hydrogen-bond donors (Lipinski definition) is 1. The fourth-order valence-corrected chi connectivity index (χ4v) is 3.28. The fraction of sp³-hybridized carbons (Fsp3) is 0.269. The van der Waals surface area contributed by atoms with Gasteiger partial charge in [0.2, 0.25) is 5.75 Å². The van der Waals surface area contributed by atoms with E-state index in [9.17, 15) is 9.59 Å². The van der Waals surface area contributed by atoms with E-state index in [0.29, 0.717) is 35.3 Å². The first-order valence-corrected chi connectivity index (χ1v) is 11.2. The lowest BCUT2D eigenvalue weighted by Crippen LogP contribution is -2.42. The van der Waals surface area contributed by atoms with Gasteiger partial charge in [0.25, 0.3) is 0 Å². The maximum absolute atomic E-state index is 12.6. The standard InChI is InChI=1S/C26H27N3O6/c1-26(2,3)35-25(31)29-15-16-32-22-21(13-14-27-23(22)29)34-20-11-9-19(10-12-20)28-24(30)33-17-18-7-5-4-6-8-18/h4-14H,15-17H2,1-3H3,(H,28,30). The van der Waals surface area contributed by atoms with Gasteiger partial charge in [-0.2, -0.15) is 0 Å². The number of nitrogens with zero attached hydrogens (tertiary/aromatic N) is 2. The van der Waals surface area contributed by atoms with Crippen LogP contribution < -0.4 is 19.7 Å². The number of benzene rings is 2. The maximum Gasteiger partial charge on any atom is 0.416 e. The van der Waals surface area contributed by atoms with Gasteiger partial charge in [-0.3, -0.25) is 10.2 Å². The summed E-state index contributed by atoms with van der Waals surface area (Å²) in [4.78, 5) is 30.4. The molecule has 1 N–H and O–H groups in total. The molecule has 0 atom stereocenters. The third kappa shape index (κ3) is 6.41. The second-order valence-corrected chi connectivity index (χ2v) is 8.76. The average molecular weight is 478 g/mol. The highest BCUT2D eigenvalue weighted by atomic mass is 16.6. The van der Waals surface area contributed by atoms with E-state index in [2.05, 4.69) is 10.3 Å². The second kappa shape index (κ2) is 10.3. The molecule has 0 saturated carbocycles. The molecule has 1 aliphatic heterocycles. The Hall–Kier alpha value is -4.27. The summed E-state index contributed by atoms with van der Waals surface area (Å²) >= 11 is 0. The number of fused-ring (bicyclic) bond motifs is 1. The van der Waals surface area contributed by atoms with Crippen molar-refractivity contribution in [1.82, 2.24) is 4.98 Å². The molecule has 9 nitrogen and oxygen atoms in total. The van der Waals surface area contributed by atoms with Gasteiger partial charge in [0.15, 0.2) is 11.6 Å². The summed E-state index contributed by atoms with van der Waals surface area (Å²) in [6, 6.07) is 17.9. The quantitative estimate of drug-likeness (QED) is 0.499. The minimum Gasteiger partial charge on any atom is -0.484 e. The first-order valence-electron chi connectivity index (χ1n) is 11.2. The highest BCUT2D eigenvalue weighted by Gasteiger charge is 2.31. The topological polar surface area (TPSA) is 99.2 Å². The Kier molecular flexibility index (Phi) is 7.05. The zero-order valence-electron chi connectivity index (χ0n) is 19.8. The van der Waals surface area contributed by atoms with Crippen molar-refractivity contribution in [3.63, 3.8) is 0 Å². The summed E-state index contributed by atoms with van der Waals surface area (Å²) < 4.78 is 22.5. The van der Waals surface area contributed by atoms with Crippen LogP contribution in [0, 0.1) is 0 Å². The number of nitrogens with one attached hydrogen (secondary N) is 1. The van der Waals surface area contributed by atoms with Crippen molar-refractivity contribution < 1.29 is 28.5 Å². The number of carbonyl (C=O) groups is 2. The molecule has 0 unspecified atom stereocenters. The number of hydrogen-bond acceptors (Lipinski definition) is 7. The Morgan fingerprint density at radius 1 is 1.06 bits per heavy atom. The Balaban J connectivity index is 1.39. The van der Waals surface area contributed by atoms with Crippen LogP contribution in [0.15, 0.2) is 66.9 Å². The van der Waals surface area contributed by atoms with Crippen molar-refractivity contribution in [3.05, 3.63) is 72.4 Å². The monoisotopic (exact) mass is 477 g/mol. The first-order chi connectivity index (χ1) is 16.8. The molecule has 2 heterocycles. The third-order valence-electron chi connectivity index (χ3n) is 4.82. The lowest BCUT2D eigenvalue weighted by atomic mass is 10.2. The Morgan fingerprint density at radius 2 is 1.80 bits per heavy atom. The molecule has 1 aromatic heterocycles. The van der Waals surface area contributed by atoms with Gasteiger partial charge in [-0.1, -0.05) is 30.3 Å². The zero-order valence-corrected chi connectivity index (χ0v) is 19.8. The van der Waals surface area contributed by atoms with E-state index in [0.717, 1.165) is 5.56 Å². The summed E-state index contributed by atoms with van der Waals surface area (Å²) in [6.45, 7) is 6.20. The number of anilines is 2. The highest BCUT2D eigenvalue weighted by molar-refractivity contribution is 5.89. The van der Waals surface area contributed by atoms with Gasteiger partial charge in [-0.15, -0.1) is 0 Å². The molecule has 0 aliphatic carbocycles. The largest absolute Gasteiger partial charge is 0.484 e. The fourth-order valence-electron chi connectivity index (χ4n) is 3.28. The molecular weight excluding hydrogens is 450 g/mol. The lowest BCUT2D eigenvalue weighted by molar-refractivity contribution is 0.0565. The van der Waals surface area contributed by atoms with Gasteiger partial charge in [0, 0.05) is 18.0 Å². The molecule has 0 bridgehead atoms. The Bertz CT molecular complexity index is 1180. The van der Waals surface area contributed by atoms with Crippen LogP contribution in [0.4, 0.5) is 21.1 Å². The van der Waals surface area contributed by atoms with Gasteiger partial charge in [0.05, 0.1) is 6.54 Å². The molecule has 1 aliphatic rings. The molecule has 182 valence electrons. The molecule has 0 saturated heterocycles. The van der Waals surface area contributed by atoms with Crippen molar-refractivity contribution >= 4 is 23.7 Å². The van der Waals surface area contributed by atoms with Crippen molar-refractivity contribution in [2.45, 2.75) is 33.0 Å². The van der Waals surface area contributed by atoms with Crippen LogP contribution in [0.1, 0.15) is 26.3 Å². The van der Waals surface area contributed by atoms with Crippen molar-refractivity contribution in [2.75, 3.05) is 23.4 Å². The van der Waals surface area contributed by atoms with E-state index in [-0.39, 0.29) is 13.2 Å². The molecule has 4 rings (SSSR count). The van der Waals surface area contributed by atoms with E-state index < -0.39 is 17.8 Å². The zero-order chi connectivity index (χ0) is 24.8. The number of ether oxygens (including phenoxy) is 4. The summed E-state index contributed by atoms with van der Waals surface area (Å²) in [6.07, 6.45) is 0.487. The molecule has 35 heavy (non-hydrogen) atoms. The van der Waals surface area contributed by atoms with E-state index in [1.54, 1.807) is 57.3 Å². The van der Waals surface area contributed by atoms with Gasteiger partial charge in [0.1, 0.15) is 24.6 Å². The van der Waals surface area contributed by atoms with Crippen molar-refractivity contribution in [1.29, 1.82) is 0 Å². The molecular formula is C26H27N3O6. The van der Waals surface area contributed by atoms with Crippen LogP contribution in [-0.2, 0) is 16.1 Å². The average Bonchev–Trinajstić information content (AvgIpc) is 2.83. The lowest BCUT2D eigenvalue weighted by Gasteiger charge is -2.31. The van der Waals surface area contributed by atoms with E-state index in [1.165, 1.54) is 4.90 Å². The molecule has 0 spiro atoms. The molecule has 2 aromatic carbocycles.